The Balaban J connectivity index is 1.91. The fourth-order valence-electron chi connectivity index (χ4n) is 3.11. The van der Waals surface area contributed by atoms with Crippen LogP contribution in [0.5, 0.6) is 0 Å². The Morgan fingerprint density at radius 1 is 1.43 bits per heavy atom. The second kappa shape index (κ2) is 5.66. The molecule has 2 heterocycles. The van der Waals surface area contributed by atoms with Crippen LogP contribution in [0, 0.1) is 5.92 Å². The molecule has 0 radical (unpaired) electrons. The summed E-state index contributed by atoms with van der Waals surface area (Å²) in [4.78, 5) is 44.5. The van der Waals surface area contributed by atoms with Gasteiger partial charge in [0.2, 0.25) is 0 Å². The largest absolute Gasteiger partial charge is 0.387 e. The minimum absolute atomic E-state index is 0.204. The van der Waals surface area contributed by atoms with Gasteiger partial charge in [0.25, 0.3) is 5.56 Å². The number of aromatic amines is 1. The van der Waals surface area contributed by atoms with E-state index < -0.39 is 55.0 Å². The van der Waals surface area contributed by atoms with Gasteiger partial charge in [-0.15, -0.1) is 0 Å². The van der Waals surface area contributed by atoms with E-state index in [1.807, 2.05) is 0 Å². The number of hydrogen-bond donors (Lipinski definition) is 4. The third-order valence-electron chi connectivity index (χ3n) is 4.33. The van der Waals surface area contributed by atoms with Gasteiger partial charge >= 0.3 is 13.3 Å². The van der Waals surface area contributed by atoms with Crippen molar-refractivity contribution in [3.8, 4) is 0 Å². The highest BCUT2D eigenvalue weighted by atomic mass is 31.2. The highest BCUT2D eigenvalue weighted by molar-refractivity contribution is 7.53. The smallest absolute Gasteiger partial charge is 0.330 e. The summed E-state index contributed by atoms with van der Waals surface area (Å²) in [6, 6.07) is 1.13. The molecule has 0 amide bonds. The number of aliphatic hydroxyl groups is 1. The summed E-state index contributed by atoms with van der Waals surface area (Å²) in [7, 11) is -2.98. The molecule has 0 bridgehead atoms. The van der Waals surface area contributed by atoms with Crippen molar-refractivity contribution in [2.75, 3.05) is 7.11 Å². The predicted octanol–water partition coefficient (Wildman–Crippen LogP) is -1.62. The lowest BCUT2D eigenvalue weighted by molar-refractivity contribution is -0.0588. The van der Waals surface area contributed by atoms with Gasteiger partial charge in [-0.1, -0.05) is 0 Å². The van der Waals surface area contributed by atoms with Crippen molar-refractivity contribution in [2.24, 2.45) is 5.92 Å². The SMILES string of the molecule is CO[C@@H]1[C@H](O)[C@@H](C2CC2P(=O)(O)O)O[C@H]1n1c(=O)cc[nH]c1=O. The predicted molar refractivity (Wildman–Crippen MR) is 76.0 cm³/mol. The third kappa shape index (κ3) is 2.82. The molecule has 1 saturated heterocycles. The van der Waals surface area contributed by atoms with Crippen LogP contribution in [0.1, 0.15) is 12.6 Å². The Morgan fingerprint density at radius 2 is 2.13 bits per heavy atom. The molecule has 1 aliphatic carbocycles. The number of methoxy groups -OCH3 is 1. The summed E-state index contributed by atoms with van der Waals surface area (Å²) in [6.07, 6.45) is -2.91. The number of hydrogen-bond acceptors (Lipinski definition) is 6. The topological polar surface area (TPSA) is 151 Å². The lowest BCUT2D eigenvalue weighted by Gasteiger charge is -2.19. The maximum Gasteiger partial charge on any atom is 0.330 e. The van der Waals surface area contributed by atoms with E-state index in [0.717, 1.165) is 10.6 Å². The van der Waals surface area contributed by atoms with E-state index in [9.17, 15) is 29.0 Å². The molecule has 1 saturated carbocycles. The molecule has 128 valence electrons. The van der Waals surface area contributed by atoms with Crippen molar-refractivity contribution < 1.29 is 28.9 Å². The summed E-state index contributed by atoms with van der Waals surface area (Å²) >= 11 is 0. The number of nitrogens with zero attached hydrogens (tertiary/aromatic N) is 1. The van der Waals surface area contributed by atoms with Crippen molar-refractivity contribution in [3.05, 3.63) is 33.1 Å². The first-order chi connectivity index (χ1) is 10.8. The minimum Gasteiger partial charge on any atom is -0.387 e. The first kappa shape index (κ1) is 16.6. The van der Waals surface area contributed by atoms with Crippen molar-refractivity contribution in [3.63, 3.8) is 0 Å². The fraction of sp³-hybridized carbons (Fsp3) is 0.667. The van der Waals surface area contributed by atoms with E-state index in [-0.39, 0.29) is 6.42 Å². The molecule has 0 aromatic carbocycles. The molecule has 2 fully saturated rings. The monoisotopic (exact) mass is 348 g/mol. The molecule has 3 rings (SSSR count). The maximum atomic E-state index is 11.9. The van der Waals surface area contributed by atoms with E-state index in [1.165, 1.54) is 13.3 Å². The highest BCUT2D eigenvalue weighted by Crippen LogP contribution is 2.61. The fourth-order valence-corrected chi connectivity index (χ4v) is 4.29. The average Bonchev–Trinajstić information content (AvgIpc) is 3.19. The molecule has 11 heteroatoms. The van der Waals surface area contributed by atoms with Gasteiger partial charge in [0.05, 0.1) is 11.8 Å². The first-order valence-electron chi connectivity index (χ1n) is 6.97. The van der Waals surface area contributed by atoms with Crippen LogP contribution in [0.25, 0.3) is 0 Å². The van der Waals surface area contributed by atoms with E-state index in [1.54, 1.807) is 0 Å². The van der Waals surface area contributed by atoms with Crippen LogP contribution in [0.2, 0.25) is 0 Å². The first-order valence-corrected chi connectivity index (χ1v) is 8.65. The van der Waals surface area contributed by atoms with E-state index in [2.05, 4.69) is 4.98 Å². The number of rotatable bonds is 4. The van der Waals surface area contributed by atoms with Crippen molar-refractivity contribution >= 4 is 7.60 Å². The zero-order valence-corrected chi connectivity index (χ0v) is 13.0. The number of nitrogens with one attached hydrogen (secondary N) is 1. The molecule has 1 aliphatic heterocycles. The molecule has 4 N–H and O–H groups in total. The molecule has 2 aliphatic rings. The molecule has 1 aromatic heterocycles. The van der Waals surface area contributed by atoms with Crippen LogP contribution in [0.15, 0.2) is 21.9 Å². The van der Waals surface area contributed by atoms with Crippen LogP contribution in [0.3, 0.4) is 0 Å². The van der Waals surface area contributed by atoms with Crippen molar-refractivity contribution in [1.29, 1.82) is 0 Å². The standard InChI is InChI=1S/C12H17N2O8P/c1-21-10-8(16)9(5-4-6(5)23(18,19)20)22-11(10)14-7(15)2-3-13-12(14)17/h2-3,5-6,8-11,16H,4H2,1H3,(H,13,17)(H2,18,19,20)/t5?,6?,8-,9-,10-,11-/m1/s1. The normalized spacial score (nSPS) is 37.0. The minimum atomic E-state index is -4.27. The molecule has 2 unspecified atom stereocenters. The Morgan fingerprint density at radius 3 is 2.65 bits per heavy atom. The average molecular weight is 348 g/mol. The summed E-state index contributed by atoms with van der Waals surface area (Å²) in [5.41, 5.74) is -2.24. The van der Waals surface area contributed by atoms with Gasteiger partial charge in [0.1, 0.15) is 12.2 Å². The number of ether oxygens (including phenoxy) is 2. The molecule has 23 heavy (non-hydrogen) atoms. The van der Waals surface area contributed by atoms with Gasteiger partial charge in [-0.2, -0.15) is 0 Å². The molecule has 0 spiro atoms. The molecular weight excluding hydrogens is 331 g/mol. The molecule has 10 nitrogen and oxygen atoms in total. The van der Waals surface area contributed by atoms with Gasteiger partial charge in [-0.25, -0.2) is 9.36 Å². The van der Waals surface area contributed by atoms with Crippen molar-refractivity contribution in [1.82, 2.24) is 9.55 Å². The van der Waals surface area contributed by atoms with E-state index >= 15 is 0 Å². The van der Waals surface area contributed by atoms with Crippen LogP contribution in [-0.4, -0.2) is 55.5 Å². The maximum absolute atomic E-state index is 11.9. The Kier molecular flexibility index (Phi) is 4.07. The zero-order chi connectivity index (χ0) is 16.9. The van der Waals surface area contributed by atoms with Crippen LogP contribution in [-0.2, 0) is 14.0 Å². The third-order valence-corrected chi connectivity index (χ3v) is 5.78. The zero-order valence-electron chi connectivity index (χ0n) is 12.1. The Bertz CT molecular complexity index is 726. The van der Waals surface area contributed by atoms with Crippen LogP contribution >= 0.6 is 7.60 Å². The summed E-state index contributed by atoms with van der Waals surface area (Å²) in [5.74, 6) is -0.549. The van der Waals surface area contributed by atoms with Crippen molar-refractivity contribution in [2.45, 2.75) is 36.6 Å². The van der Waals surface area contributed by atoms with E-state index in [0.29, 0.717) is 0 Å². The van der Waals surface area contributed by atoms with Crippen LogP contribution in [0.4, 0.5) is 0 Å². The highest BCUT2D eigenvalue weighted by Gasteiger charge is 2.60. The molecular formula is C12H17N2O8P. The Labute approximate surface area is 129 Å². The van der Waals surface area contributed by atoms with E-state index in [4.69, 9.17) is 9.47 Å². The van der Waals surface area contributed by atoms with Gasteiger partial charge in [-0.05, 0) is 6.42 Å². The Hall–Kier alpha value is -1.29. The number of H-pyrrole nitrogens is 1. The number of aromatic nitrogens is 2. The van der Waals surface area contributed by atoms with Gasteiger partial charge in [0, 0.05) is 25.3 Å². The number of aliphatic hydroxyl groups excluding tert-OH is 1. The van der Waals surface area contributed by atoms with Gasteiger partial charge in [0.15, 0.2) is 6.23 Å². The van der Waals surface area contributed by atoms with Gasteiger partial charge < -0.3 is 29.4 Å². The molecule has 1 aromatic rings. The second-order valence-electron chi connectivity index (χ2n) is 5.73. The van der Waals surface area contributed by atoms with Crippen LogP contribution < -0.4 is 11.2 Å². The second-order valence-corrected chi connectivity index (χ2v) is 7.57. The summed E-state index contributed by atoms with van der Waals surface area (Å²) < 4.78 is 22.8. The summed E-state index contributed by atoms with van der Waals surface area (Å²) in [6.45, 7) is 0. The van der Waals surface area contributed by atoms with Gasteiger partial charge in [-0.3, -0.25) is 9.36 Å². The summed E-state index contributed by atoms with van der Waals surface area (Å²) in [5, 5.41) is 10.3. The lowest BCUT2D eigenvalue weighted by Crippen LogP contribution is -2.42. The molecule has 6 atom stereocenters. The quantitative estimate of drug-likeness (QED) is 0.474. The lowest BCUT2D eigenvalue weighted by atomic mass is 10.1.